The van der Waals surface area contributed by atoms with Crippen LogP contribution in [0.5, 0.6) is 5.75 Å². The Bertz CT molecular complexity index is 458. The Balaban J connectivity index is 2.08. The van der Waals surface area contributed by atoms with Gasteiger partial charge in [0, 0.05) is 7.11 Å². The van der Waals surface area contributed by atoms with E-state index in [4.69, 9.17) is 21.1 Å². The van der Waals surface area contributed by atoms with E-state index in [1.807, 2.05) is 6.07 Å². The van der Waals surface area contributed by atoms with E-state index in [9.17, 15) is 0 Å². The quantitative estimate of drug-likeness (QED) is 0.467. The molecule has 1 unspecified atom stereocenters. The number of methoxy groups -OCH3 is 1. The summed E-state index contributed by atoms with van der Waals surface area (Å²) in [6, 6.07) is 6.18. The molecule has 1 aliphatic rings. The van der Waals surface area contributed by atoms with Gasteiger partial charge in [0.05, 0.1) is 16.5 Å². The van der Waals surface area contributed by atoms with Crippen LogP contribution in [0.1, 0.15) is 50.0 Å². The Hall–Kier alpha value is -0.250. The molecule has 0 amide bonds. The predicted octanol–water partition coefficient (Wildman–Crippen LogP) is 5.72. The van der Waals surface area contributed by atoms with Gasteiger partial charge in [-0.3, -0.25) is 0 Å². The van der Waals surface area contributed by atoms with Crippen molar-refractivity contribution in [2.75, 3.05) is 20.3 Å². The molecule has 0 aliphatic heterocycles. The van der Waals surface area contributed by atoms with Gasteiger partial charge in [-0.25, -0.2) is 0 Å². The second kappa shape index (κ2) is 7.85. The first-order valence-electron chi connectivity index (χ1n) is 7.62. The van der Waals surface area contributed by atoms with Crippen molar-refractivity contribution in [1.29, 1.82) is 0 Å². The Morgan fingerprint density at radius 2 is 1.95 bits per heavy atom. The summed E-state index contributed by atoms with van der Waals surface area (Å²) < 4.78 is 11.6. The maximum Gasteiger partial charge on any atom is 0.133 e. The van der Waals surface area contributed by atoms with Gasteiger partial charge in [0.15, 0.2) is 0 Å². The zero-order chi connectivity index (χ0) is 15.3. The largest absolute Gasteiger partial charge is 0.490 e. The minimum Gasteiger partial charge on any atom is -0.490 e. The van der Waals surface area contributed by atoms with Crippen molar-refractivity contribution < 1.29 is 9.47 Å². The first-order chi connectivity index (χ1) is 10.1. The lowest BCUT2D eigenvalue weighted by Crippen LogP contribution is -2.25. The van der Waals surface area contributed by atoms with Crippen LogP contribution in [-0.2, 0) is 4.74 Å². The van der Waals surface area contributed by atoms with Gasteiger partial charge in [-0.05, 0) is 51.9 Å². The number of hydrogen-bond donors (Lipinski definition) is 0. The number of alkyl halides is 1. The number of benzene rings is 1. The zero-order valence-electron chi connectivity index (χ0n) is 12.8. The van der Waals surface area contributed by atoms with Crippen molar-refractivity contribution >= 4 is 27.5 Å². The molecule has 0 bridgehead atoms. The minimum atomic E-state index is 0.0575. The zero-order valence-corrected chi connectivity index (χ0v) is 15.2. The van der Waals surface area contributed by atoms with Gasteiger partial charge < -0.3 is 9.47 Å². The third-order valence-electron chi connectivity index (χ3n) is 4.40. The smallest absolute Gasteiger partial charge is 0.133 e. The number of halogens is 2. The first kappa shape index (κ1) is 17.1. The Labute approximate surface area is 141 Å². The molecule has 1 aliphatic carbocycles. The van der Waals surface area contributed by atoms with Crippen LogP contribution in [0.15, 0.2) is 22.7 Å². The van der Waals surface area contributed by atoms with Gasteiger partial charge in [0.1, 0.15) is 12.4 Å². The van der Waals surface area contributed by atoms with Crippen LogP contribution >= 0.6 is 27.5 Å². The summed E-state index contributed by atoms with van der Waals surface area (Å²) in [6.07, 6.45) is 6.35. The van der Waals surface area contributed by atoms with Gasteiger partial charge in [0.2, 0.25) is 0 Å². The molecule has 0 N–H and O–H groups in total. The summed E-state index contributed by atoms with van der Waals surface area (Å²) in [7, 11) is 1.67. The molecular weight excluding hydrogens is 352 g/mol. The second-order valence-electron chi connectivity index (χ2n) is 6.11. The monoisotopic (exact) mass is 374 g/mol. The Morgan fingerprint density at radius 3 is 2.57 bits per heavy atom. The average molecular weight is 376 g/mol. The Kier molecular flexibility index (Phi) is 6.39. The van der Waals surface area contributed by atoms with Gasteiger partial charge in [-0.1, -0.05) is 32.3 Å². The van der Waals surface area contributed by atoms with Crippen molar-refractivity contribution in [3.63, 3.8) is 0 Å². The van der Waals surface area contributed by atoms with Gasteiger partial charge >= 0.3 is 0 Å². The lowest BCUT2D eigenvalue weighted by Gasteiger charge is -2.38. The van der Waals surface area contributed by atoms with Crippen molar-refractivity contribution in [3.05, 3.63) is 28.2 Å². The maximum absolute atomic E-state index is 6.80. The summed E-state index contributed by atoms with van der Waals surface area (Å²) >= 11 is 10.4. The molecule has 0 saturated heterocycles. The van der Waals surface area contributed by atoms with Crippen LogP contribution in [0.2, 0.25) is 0 Å². The fourth-order valence-electron chi connectivity index (χ4n) is 3.04. The highest BCUT2D eigenvalue weighted by Gasteiger charge is 2.35. The summed E-state index contributed by atoms with van der Waals surface area (Å²) in [5.74, 6) is 0.841. The highest BCUT2D eigenvalue weighted by Crippen LogP contribution is 2.49. The van der Waals surface area contributed by atoms with Crippen molar-refractivity contribution in [1.82, 2.24) is 0 Å². The summed E-state index contributed by atoms with van der Waals surface area (Å²) in [4.78, 5) is 0. The lowest BCUT2D eigenvalue weighted by molar-refractivity contribution is 0.146. The van der Waals surface area contributed by atoms with Gasteiger partial charge in [-0.2, -0.15) is 0 Å². The molecular formula is C17H24BrClO2. The highest BCUT2D eigenvalue weighted by atomic mass is 79.9. The third-order valence-corrected chi connectivity index (χ3v) is 5.80. The van der Waals surface area contributed by atoms with E-state index in [0.717, 1.165) is 10.2 Å². The molecule has 1 saturated carbocycles. The third kappa shape index (κ3) is 4.37. The maximum atomic E-state index is 6.80. The van der Waals surface area contributed by atoms with E-state index in [2.05, 4.69) is 35.0 Å². The molecule has 118 valence electrons. The van der Waals surface area contributed by atoms with E-state index in [0.29, 0.717) is 13.2 Å². The highest BCUT2D eigenvalue weighted by molar-refractivity contribution is 9.10. The molecule has 21 heavy (non-hydrogen) atoms. The SMILES string of the molecule is COCCOc1ccc(C(Cl)C2(C)CCCCC2)cc1Br. The number of hydrogen-bond acceptors (Lipinski definition) is 2. The first-order valence-corrected chi connectivity index (χ1v) is 8.85. The number of rotatable bonds is 6. The van der Waals surface area contributed by atoms with Gasteiger partial charge in [-0.15, -0.1) is 11.6 Å². The topological polar surface area (TPSA) is 18.5 Å². The molecule has 0 heterocycles. The fourth-order valence-corrected chi connectivity index (χ4v) is 3.91. The van der Waals surface area contributed by atoms with Gasteiger partial charge in [0.25, 0.3) is 0 Å². The van der Waals surface area contributed by atoms with Crippen LogP contribution < -0.4 is 4.74 Å². The lowest BCUT2D eigenvalue weighted by atomic mass is 9.71. The van der Waals surface area contributed by atoms with Crippen LogP contribution in [0, 0.1) is 5.41 Å². The predicted molar refractivity (Wildman–Crippen MR) is 91.3 cm³/mol. The molecule has 2 nitrogen and oxygen atoms in total. The normalized spacial score (nSPS) is 19.2. The van der Waals surface area contributed by atoms with Crippen molar-refractivity contribution in [2.24, 2.45) is 5.41 Å². The summed E-state index contributed by atoms with van der Waals surface area (Å²) in [5, 5.41) is 0.0575. The molecule has 1 aromatic carbocycles. The standard InChI is InChI=1S/C17H24BrClO2/c1-17(8-4-3-5-9-17)16(19)13-6-7-15(14(18)12-13)21-11-10-20-2/h6-7,12,16H,3-5,8-11H2,1-2H3. The van der Waals surface area contributed by atoms with Crippen LogP contribution in [-0.4, -0.2) is 20.3 Å². The Morgan fingerprint density at radius 1 is 1.24 bits per heavy atom. The summed E-state index contributed by atoms with van der Waals surface area (Å²) in [5.41, 5.74) is 1.38. The van der Waals surface area contributed by atoms with E-state index < -0.39 is 0 Å². The van der Waals surface area contributed by atoms with E-state index in [1.54, 1.807) is 7.11 Å². The molecule has 1 atom stereocenters. The van der Waals surface area contributed by atoms with Crippen LogP contribution in [0.25, 0.3) is 0 Å². The van der Waals surface area contributed by atoms with E-state index >= 15 is 0 Å². The van der Waals surface area contributed by atoms with E-state index in [1.165, 1.54) is 37.7 Å². The van der Waals surface area contributed by atoms with E-state index in [-0.39, 0.29) is 10.8 Å². The molecule has 1 fully saturated rings. The second-order valence-corrected chi connectivity index (χ2v) is 7.40. The van der Waals surface area contributed by atoms with Crippen LogP contribution in [0.4, 0.5) is 0 Å². The molecule has 2 rings (SSSR count). The molecule has 0 aromatic heterocycles. The molecule has 1 aromatic rings. The van der Waals surface area contributed by atoms with Crippen LogP contribution in [0.3, 0.4) is 0 Å². The average Bonchev–Trinajstić information content (AvgIpc) is 2.49. The molecule has 0 radical (unpaired) electrons. The number of ether oxygens (including phenoxy) is 2. The van der Waals surface area contributed by atoms with Crippen molar-refractivity contribution in [3.8, 4) is 5.75 Å². The minimum absolute atomic E-state index is 0.0575. The fraction of sp³-hybridized carbons (Fsp3) is 0.647. The van der Waals surface area contributed by atoms with Crippen molar-refractivity contribution in [2.45, 2.75) is 44.4 Å². The molecule has 4 heteroatoms. The summed E-state index contributed by atoms with van der Waals surface area (Å²) in [6.45, 7) is 3.46. The molecule has 0 spiro atoms.